The van der Waals surface area contributed by atoms with E-state index < -0.39 is 0 Å². The van der Waals surface area contributed by atoms with Crippen LogP contribution in [0.25, 0.3) is 0 Å². The molecule has 2 aromatic rings. The van der Waals surface area contributed by atoms with E-state index >= 15 is 0 Å². The summed E-state index contributed by atoms with van der Waals surface area (Å²) in [6, 6.07) is 20.3. The Balaban J connectivity index is 0.000000531. The molecule has 0 aromatic heterocycles. The van der Waals surface area contributed by atoms with Gasteiger partial charge in [-0.1, -0.05) is 50.2 Å². The van der Waals surface area contributed by atoms with Crippen LogP contribution in [0, 0.1) is 0 Å². The largest absolute Gasteiger partial charge is 0.356 e. The van der Waals surface area contributed by atoms with E-state index in [2.05, 4.69) is 5.32 Å². The monoisotopic (exact) mass is 199 g/mol. The smallest absolute Gasteiger partial charge is 0.0384 e. The summed E-state index contributed by atoms with van der Waals surface area (Å²) in [4.78, 5) is 0. The van der Waals surface area contributed by atoms with Gasteiger partial charge in [0.15, 0.2) is 0 Å². The van der Waals surface area contributed by atoms with Crippen molar-refractivity contribution in [3.8, 4) is 0 Å². The summed E-state index contributed by atoms with van der Waals surface area (Å²) in [5.41, 5.74) is 2.24. The Morgan fingerprint density at radius 2 is 0.933 bits per heavy atom. The van der Waals surface area contributed by atoms with Crippen LogP contribution >= 0.6 is 0 Å². The average molecular weight is 199 g/mol. The van der Waals surface area contributed by atoms with E-state index in [1.807, 2.05) is 74.5 Å². The average Bonchev–Trinajstić information content (AvgIpc) is 2.34. The van der Waals surface area contributed by atoms with Crippen molar-refractivity contribution in [3.05, 3.63) is 60.7 Å². The molecule has 0 aliphatic heterocycles. The topological polar surface area (TPSA) is 12.0 Å². The first-order chi connectivity index (χ1) is 7.45. The van der Waals surface area contributed by atoms with Gasteiger partial charge in [-0.05, 0) is 24.3 Å². The molecule has 0 unspecified atom stereocenters. The molecule has 0 atom stereocenters. The highest BCUT2D eigenvalue weighted by molar-refractivity contribution is 5.58. The minimum absolute atomic E-state index is 1.12. The van der Waals surface area contributed by atoms with Crippen molar-refractivity contribution in [2.45, 2.75) is 13.8 Å². The lowest BCUT2D eigenvalue weighted by Gasteiger charge is -2.04. The third-order valence-corrected chi connectivity index (χ3v) is 1.84. The van der Waals surface area contributed by atoms with Gasteiger partial charge in [0.2, 0.25) is 0 Å². The second kappa shape index (κ2) is 6.66. The highest BCUT2D eigenvalue weighted by atomic mass is 14.9. The van der Waals surface area contributed by atoms with Gasteiger partial charge in [0, 0.05) is 11.4 Å². The summed E-state index contributed by atoms with van der Waals surface area (Å²) in [5, 5.41) is 3.30. The number of hydrogen-bond donors (Lipinski definition) is 1. The normalized spacial score (nSPS) is 8.67. The van der Waals surface area contributed by atoms with E-state index in [9.17, 15) is 0 Å². The highest BCUT2D eigenvalue weighted by Crippen LogP contribution is 2.14. The van der Waals surface area contributed by atoms with Gasteiger partial charge in [-0.25, -0.2) is 0 Å². The Kier molecular flexibility index (Phi) is 5.02. The van der Waals surface area contributed by atoms with Crippen molar-refractivity contribution in [2.24, 2.45) is 0 Å². The molecular formula is C14H17N. The van der Waals surface area contributed by atoms with Gasteiger partial charge in [-0.3, -0.25) is 0 Å². The zero-order valence-corrected chi connectivity index (χ0v) is 9.27. The number of benzene rings is 2. The molecule has 0 heterocycles. The van der Waals surface area contributed by atoms with Gasteiger partial charge < -0.3 is 5.32 Å². The van der Waals surface area contributed by atoms with Crippen LogP contribution in [0.3, 0.4) is 0 Å². The molecule has 0 bridgehead atoms. The van der Waals surface area contributed by atoms with Crippen LogP contribution in [0.4, 0.5) is 11.4 Å². The van der Waals surface area contributed by atoms with E-state index in [0.29, 0.717) is 0 Å². The van der Waals surface area contributed by atoms with Gasteiger partial charge in [0.25, 0.3) is 0 Å². The minimum atomic E-state index is 1.12. The number of rotatable bonds is 2. The third kappa shape index (κ3) is 3.86. The fourth-order valence-corrected chi connectivity index (χ4v) is 1.21. The van der Waals surface area contributed by atoms with E-state index in [1.165, 1.54) is 0 Å². The summed E-state index contributed by atoms with van der Waals surface area (Å²) in [6.45, 7) is 4.00. The maximum atomic E-state index is 3.30. The van der Waals surface area contributed by atoms with Crippen molar-refractivity contribution >= 4 is 11.4 Å². The number of hydrogen-bond acceptors (Lipinski definition) is 1. The highest BCUT2D eigenvalue weighted by Gasteiger charge is 1.89. The van der Waals surface area contributed by atoms with Crippen molar-refractivity contribution < 1.29 is 0 Å². The lowest BCUT2D eigenvalue weighted by molar-refractivity contribution is 1.50. The molecule has 15 heavy (non-hydrogen) atoms. The Morgan fingerprint density at radius 1 is 0.600 bits per heavy atom. The Bertz CT molecular complexity index is 316. The zero-order chi connectivity index (χ0) is 10.9. The molecule has 0 aliphatic carbocycles. The molecule has 1 N–H and O–H groups in total. The molecule has 0 radical (unpaired) electrons. The predicted molar refractivity (Wildman–Crippen MR) is 67.5 cm³/mol. The molecule has 0 saturated carbocycles. The van der Waals surface area contributed by atoms with Crippen molar-refractivity contribution in [2.75, 3.05) is 5.32 Å². The molecule has 2 aromatic carbocycles. The van der Waals surface area contributed by atoms with Crippen LogP contribution < -0.4 is 5.32 Å². The lowest BCUT2D eigenvalue weighted by Crippen LogP contribution is -1.87. The van der Waals surface area contributed by atoms with Crippen LogP contribution in [0.5, 0.6) is 0 Å². The van der Waals surface area contributed by atoms with Crippen LogP contribution in [0.1, 0.15) is 13.8 Å². The van der Waals surface area contributed by atoms with E-state index in [1.54, 1.807) is 0 Å². The first-order valence-electron chi connectivity index (χ1n) is 5.32. The van der Waals surface area contributed by atoms with Crippen LogP contribution in [0.2, 0.25) is 0 Å². The molecule has 0 amide bonds. The van der Waals surface area contributed by atoms with Gasteiger partial charge in [-0.15, -0.1) is 0 Å². The van der Waals surface area contributed by atoms with Crippen LogP contribution in [-0.4, -0.2) is 0 Å². The number of para-hydroxylation sites is 2. The quantitative estimate of drug-likeness (QED) is 0.753. The fraction of sp³-hybridized carbons (Fsp3) is 0.143. The minimum Gasteiger partial charge on any atom is -0.356 e. The maximum absolute atomic E-state index is 3.30. The molecule has 2 rings (SSSR count). The molecule has 0 saturated heterocycles. The summed E-state index contributed by atoms with van der Waals surface area (Å²) in [7, 11) is 0. The first kappa shape index (κ1) is 11.3. The van der Waals surface area contributed by atoms with E-state index in [0.717, 1.165) is 11.4 Å². The molecule has 0 aliphatic rings. The molecule has 78 valence electrons. The SMILES string of the molecule is CC.c1ccc(Nc2ccccc2)cc1. The fourth-order valence-electron chi connectivity index (χ4n) is 1.21. The van der Waals surface area contributed by atoms with Crippen molar-refractivity contribution in [1.82, 2.24) is 0 Å². The predicted octanol–water partition coefficient (Wildman–Crippen LogP) is 4.46. The van der Waals surface area contributed by atoms with Gasteiger partial charge in [0.1, 0.15) is 0 Å². The second-order valence-corrected chi connectivity index (χ2v) is 2.86. The van der Waals surface area contributed by atoms with Crippen LogP contribution in [0.15, 0.2) is 60.7 Å². The lowest BCUT2D eigenvalue weighted by atomic mass is 10.3. The van der Waals surface area contributed by atoms with Gasteiger partial charge in [0.05, 0.1) is 0 Å². The number of nitrogens with one attached hydrogen (secondary N) is 1. The molecule has 0 spiro atoms. The maximum Gasteiger partial charge on any atom is 0.0384 e. The van der Waals surface area contributed by atoms with Crippen molar-refractivity contribution in [1.29, 1.82) is 0 Å². The van der Waals surface area contributed by atoms with Crippen LogP contribution in [-0.2, 0) is 0 Å². The number of anilines is 2. The van der Waals surface area contributed by atoms with E-state index in [-0.39, 0.29) is 0 Å². The Morgan fingerprint density at radius 3 is 1.27 bits per heavy atom. The Labute approximate surface area is 91.8 Å². The molecular weight excluding hydrogens is 182 g/mol. The third-order valence-electron chi connectivity index (χ3n) is 1.84. The zero-order valence-electron chi connectivity index (χ0n) is 9.27. The summed E-state index contributed by atoms with van der Waals surface area (Å²) < 4.78 is 0. The summed E-state index contributed by atoms with van der Waals surface area (Å²) in [6.07, 6.45) is 0. The first-order valence-corrected chi connectivity index (χ1v) is 5.32. The summed E-state index contributed by atoms with van der Waals surface area (Å²) >= 11 is 0. The van der Waals surface area contributed by atoms with Gasteiger partial charge in [-0.2, -0.15) is 0 Å². The standard InChI is InChI=1S/C12H11N.C2H6/c1-3-7-11(8-4-1)13-12-9-5-2-6-10-12;1-2/h1-10,13H;1-2H3. The molecule has 0 fully saturated rings. The molecule has 1 heteroatoms. The summed E-state index contributed by atoms with van der Waals surface area (Å²) in [5.74, 6) is 0. The van der Waals surface area contributed by atoms with E-state index in [4.69, 9.17) is 0 Å². The second-order valence-electron chi connectivity index (χ2n) is 2.86. The van der Waals surface area contributed by atoms with Gasteiger partial charge >= 0.3 is 0 Å². The van der Waals surface area contributed by atoms with Crippen molar-refractivity contribution in [3.63, 3.8) is 0 Å². The molecule has 1 nitrogen and oxygen atoms in total. The Hall–Kier alpha value is -1.76.